The van der Waals surface area contributed by atoms with E-state index in [1.54, 1.807) is 4.68 Å². The van der Waals surface area contributed by atoms with E-state index in [2.05, 4.69) is 41.0 Å². The third kappa shape index (κ3) is 3.08. The molecule has 0 saturated heterocycles. The first-order valence-corrected chi connectivity index (χ1v) is 7.84. The van der Waals surface area contributed by atoms with E-state index in [1.165, 1.54) is 0 Å². The monoisotopic (exact) mass is 320 g/mol. The fourth-order valence-corrected chi connectivity index (χ4v) is 2.88. The van der Waals surface area contributed by atoms with E-state index in [4.69, 9.17) is 0 Å². The molecule has 2 heterocycles. The molecule has 24 heavy (non-hydrogen) atoms. The van der Waals surface area contributed by atoms with Gasteiger partial charge in [-0.3, -0.25) is 0 Å². The summed E-state index contributed by atoms with van der Waals surface area (Å²) in [5, 5.41) is 8.63. The highest BCUT2D eigenvalue weighted by Gasteiger charge is 2.25. The summed E-state index contributed by atoms with van der Waals surface area (Å²) in [6.45, 7) is 14.5. The second kappa shape index (κ2) is 7.59. The van der Waals surface area contributed by atoms with Crippen LogP contribution in [0.3, 0.4) is 0 Å². The predicted octanol–water partition coefficient (Wildman–Crippen LogP) is 3.92. The molecule has 0 atom stereocenters. The van der Waals surface area contributed by atoms with Crippen LogP contribution in [0.5, 0.6) is 0 Å². The van der Waals surface area contributed by atoms with E-state index in [1.807, 2.05) is 57.5 Å². The van der Waals surface area contributed by atoms with E-state index in [-0.39, 0.29) is 0 Å². The van der Waals surface area contributed by atoms with E-state index in [0.29, 0.717) is 0 Å². The van der Waals surface area contributed by atoms with Crippen LogP contribution < -0.4 is 0 Å². The Morgan fingerprint density at radius 3 is 2.42 bits per heavy atom. The summed E-state index contributed by atoms with van der Waals surface area (Å²) in [6.07, 6.45) is 13.6. The Bertz CT molecular complexity index is 785. The standard InChI is InChI=1S/C20H24N4/c1-7-11-13-17-15(12-8-2)14-23(5)18(10-4)16(9-3)19-20(17)24(6)22-21-19/h7-13H,2-4,14H2,1,5-6H3/b11-7-,15-12?,17-13+,18-16-. The van der Waals surface area contributed by atoms with Crippen molar-refractivity contribution in [2.24, 2.45) is 7.05 Å². The van der Waals surface area contributed by atoms with Gasteiger partial charge >= 0.3 is 0 Å². The zero-order valence-electron chi connectivity index (χ0n) is 14.7. The molecule has 0 aromatic carbocycles. The van der Waals surface area contributed by atoms with Crippen LogP contribution in [0.15, 0.2) is 73.5 Å². The Kier molecular flexibility index (Phi) is 5.53. The molecule has 1 aliphatic heterocycles. The van der Waals surface area contributed by atoms with Crippen molar-refractivity contribution in [2.75, 3.05) is 13.6 Å². The summed E-state index contributed by atoms with van der Waals surface area (Å²) in [4.78, 5) is 2.14. The van der Waals surface area contributed by atoms with Gasteiger partial charge in [0.1, 0.15) is 5.69 Å². The van der Waals surface area contributed by atoms with Gasteiger partial charge in [-0.2, -0.15) is 0 Å². The Balaban J connectivity index is 2.90. The Hall–Kier alpha value is -2.88. The van der Waals surface area contributed by atoms with Crippen LogP contribution in [0.4, 0.5) is 0 Å². The largest absolute Gasteiger partial charge is 0.370 e. The second-order valence-corrected chi connectivity index (χ2v) is 5.51. The molecule has 0 aliphatic carbocycles. The molecule has 0 saturated carbocycles. The molecule has 0 fully saturated rings. The smallest absolute Gasteiger partial charge is 0.123 e. The molecular formula is C20H24N4. The van der Waals surface area contributed by atoms with Gasteiger partial charge < -0.3 is 4.90 Å². The van der Waals surface area contributed by atoms with Crippen LogP contribution >= 0.6 is 0 Å². The highest BCUT2D eigenvalue weighted by Crippen LogP contribution is 2.35. The third-order valence-electron chi connectivity index (χ3n) is 3.95. The number of rotatable bonds is 4. The topological polar surface area (TPSA) is 34.0 Å². The zero-order valence-corrected chi connectivity index (χ0v) is 14.7. The van der Waals surface area contributed by atoms with Gasteiger partial charge in [-0.25, -0.2) is 4.68 Å². The maximum Gasteiger partial charge on any atom is 0.123 e. The van der Waals surface area contributed by atoms with Crippen LogP contribution in [0, 0.1) is 0 Å². The number of aryl methyl sites for hydroxylation is 1. The van der Waals surface area contributed by atoms with Gasteiger partial charge in [0.2, 0.25) is 0 Å². The Morgan fingerprint density at radius 2 is 1.83 bits per heavy atom. The van der Waals surface area contributed by atoms with Crippen LogP contribution in [0.2, 0.25) is 0 Å². The van der Waals surface area contributed by atoms with E-state index in [0.717, 1.165) is 40.3 Å². The van der Waals surface area contributed by atoms with Gasteiger partial charge in [0.25, 0.3) is 0 Å². The third-order valence-corrected chi connectivity index (χ3v) is 3.95. The lowest BCUT2D eigenvalue weighted by Crippen LogP contribution is -2.23. The predicted molar refractivity (Wildman–Crippen MR) is 102 cm³/mol. The quantitative estimate of drug-likeness (QED) is 0.843. The molecule has 1 aliphatic rings. The first-order chi connectivity index (χ1) is 11.6. The first-order valence-electron chi connectivity index (χ1n) is 7.84. The van der Waals surface area contributed by atoms with Gasteiger partial charge in [0, 0.05) is 37.5 Å². The minimum atomic E-state index is 0.721. The lowest BCUT2D eigenvalue weighted by atomic mass is 9.93. The Labute approximate surface area is 144 Å². The molecule has 0 N–H and O–H groups in total. The van der Waals surface area contributed by atoms with Crippen LogP contribution in [0.1, 0.15) is 18.3 Å². The van der Waals surface area contributed by atoms with E-state index < -0.39 is 0 Å². The fraction of sp³-hybridized carbons (Fsp3) is 0.200. The summed E-state index contributed by atoms with van der Waals surface area (Å²) < 4.78 is 1.80. The summed E-state index contributed by atoms with van der Waals surface area (Å²) in [5.74, 6) is 0. The zero-order chi connectivity index (χ0) is 17.7. The minimum Gasteiger partial charge on any atom is -0.370 e. The number of allylic oxidation sites excluding steroid dienone is 8. The normalized spacial score (nSPS) is 21.7. The van der Waals surface area contributed by atoms with Crippen molar-refractivity contribution in [3.8, 4) is 0 Å². The summed E-state index contributed by atoms with van der Waals surface area (Å²) in [6, 6.07) is 0. The minimum absolute atomic E-state index is 0.721. The summed E-state index contributed by atoms with van der Waals surface area (Å²) in [7, 11) is 3.94. The molecule has 0 unspecified atom stereocenters. The first kappa shape index (κ1) is 17.5. The lowest BCUT2D eigenvalue weighted by Gasteiger charge is -2.28. The molecule has 0 radical (unpaired) electrons. The molecule has 124 valence electrons. The summed E-state index contributed by atoms with van der Waals surface area (Å²) in [5.41, 5.74) is 5.89. The molecule has 4 nitrogen and oxygen atoms in total. The van der Waals surface area contributed by atoms with Gasteiger partial charge in [0.15, 0.2) is 0 Å². The van der Waals surface area contributed by atoms with Crippen LogP contribution in [-0.4, -0.2) is 33.5 Å². The SMILES string of the molecule is C=CC=C1CN(C)/C(C=C)=C(/C=C)c2nnn(C)c2/C1=C/C=C\C. The van der Waals surface area contributed by atoms with Crippen LogP contribution in [0.25, 0.3) is 11.1 Å². The van der Waals surface area contributed by atoms with Gasteiger partial charge in [-0.05, 0) is 18.6 Å². The molecular weight excluding hydrogens is 296 g/mol. The van der Waals surface area contributed by atoms with Crippen molar-refractivity contribution >= 4 is 11.1 Å². The Morgan fingerprint density at radius 1 is 1.08 bits per heavy atom. The average molecular weight is 320 g/mol. The highest BCUT2D eigenvalue weighted by atomic mass is 15.4. The maximum atomic E-state index is 4.39. The molecule has 0 amide bonds. The molecule has 1 aromatic heterocycles. The van der Waals surface area contributed by atoms with Gasteiger partial charge in [-0.15, -0.1) is 5.10 Å². The van der Waals surface area contributed by atoms with Crippen molar-refractivity contribution in [1.82, 2.24) is 19.9 Å². The molecule has 0 bridgehead atoms. The maximum absolute atomic E-state index is 4.39. The number of fused-ring (bicyclic) bond motifs is 1. The van der Waals surface area contributed by atoms with Crippen molar-refractivity contribution < 1.29 is 0 Å². The average Bonchev–Trinajstić information content (AvgIpc) is 2.93. The highest BCUT2D eigenvalue weighted by molar-refractivity contribution is 5.89. The fourth-order valence-electron chi connectivity index (χ4n) is 2.88. The van der Waals surface area contributed by atoms with Gasteiger partial charge in [-0.1, -0.05) is 61.4 Å². The van der Waals surface area contributed by atoms with Gasteiger partial charge in [0.05, 0.1) is 5.69 Å². The molecule has 0 spiro atoms. The number of nitrogens with zero attached hydrogens (tertiary/aromatic N) is 4. The van der Waals surface area contributed by atoms with E-state index >= 15 is 0 Å². The van der Waals surface area contributed by atoms with Crippen molar-refractivity contribution in [1.29, 1.82) is 0 Å². The lowest BCUT2D eigenvalue weighted by molar-refractivity contribution is 0.474. The number of likely N-dealkylation sites (N-methyl/N-ethyl adjacent to an activating group) is 1. The second-order valence-electron chi connectivity index (χ2n) is 5.51. The van der Waals surface area contributed by atoms with E-state index in [9.17, 15) is 0 Å². The number of aromatic nitrogens is 3. The number of hydrogen-bond acceptors (Lipinski definition) is 3. The number of hydrogen-bond donors (Lipinski definition) is 0. The van der Waals surface area contributed by atoms with Crippen molar-refractivity contribution in [2.45, 2.75) is 6.92 Å². The molecule has 4 heteroatoms. The van der Waals surface area contributed by atoms with Crippen LogP contribution in [-0.2, 0) is 7.05 Å². The van der Waals surface area contributed by atoms with Crippen molar-refractivity contribution in [3.63, 3.8) is 0 Å². The van der Waals surface area contributed by atoms with Crippen molar-refractivity contribution in [3.05, 3.63) is 84.9 Å². The summed E-state index contributed by atoms with van der Waals surface area (Å²) >= 11 is 0. The molecule has 2 rings (SSSR count). The molecule has 1 aromatic rings.